The van der Waals surface area contributed by atoms with Crippen molar-refractivity contribution in [3.63, 3.8) is 0 Å². The first-order valence-corrected chi connectivity index (χ1v) is 6.23. The van der Waals surface area contributed by atoms with Crippen molar-refractivity contribution in [1.29, 1.82) is 0 Å². The zero-order chi connectivity index (χ0) is 13.5. The highest BCUT2D eigenvalue weighted by Gasteiger charge is 2.12. The molecule has 1 aromatic carbocycles. The average Bonchev–Trinajstić information content (AvgIpc) is 2.36. The predicted octanol–water partition coefficient (Wildman–Crippen LogP) is 1.83. The van der Waals surface area contributed by atoms with Gasteiger partial charge < -0.3 is 15.2 Å². The Labute approximate surface area is 108 Å². The smallest absolute Gasteiger partial charge is 0.251 e. The zero-order valence-electron chi connectivity index (χ0n) is 11.1. The van der Waals surface area contributed by atoms with E-state index in [4.69, 9.17) is 4.74 Å². The second kappa shape index (κ2) is 7.01. The molecule has 2 N–H and O–H groups in total. The fraction of sp³-hybridized carbons (Fsp3) is 0.500. The largest absolute Gasteiger partial charge is 0.494 e. The minimum absolute atomic E-state index is 0.125. The molecule has 1 amide bonds. The van der Waals surface area contributed by atoms with Gasteiger partial charge in [-0.3, -0.25) is 4.79 Å². The molecule has 0 saturated carbocycles. The van der Waals surface area contributed by atoms with E-state index in [9.17, 15) is 9.90 Å². The third-order valence-electron chi connectivity index (χ3n) is 2.65. The van der Waals surface area contributed by atoms with Crippen molar-refractivity contribution >= 4 is 5.91 Å². The number of hydrogen-bond donors (Lipinski definition) is 2. The number of amides is 1. The molecule has 0 bridgehead atoms. The third kappa shape index (κ3) is 4.37. The van der Waals surface area contributed by atoms with E-state index >= 15 is 0 Å². The summed E-state index contributed by atoms with van der Waals surface area (Å²) in [6.45, 7) is 6.54. The van der Waals surface area contributed by atoms with Crippen LogP contribution in [0.25, 0.3) is 0 Å². The van der Waals surface area contributed by atoms with Gasteiger partial charge in [-0.05, 0) is 31.0 Å². The summed E-state index contributed by atoms with van der Waals surface area (Å²) in [6.07, 6.45) is -0.524. The van der Waals surface area contributed by atoms with Crippen LogP contribution in [0.3, 0.4) is 0 Å². The number of benzene rings is 1. The molecule has 0 saturated heterocycles. The summed E-state index contributed by atoms with van der Waals surface area (Å²) in [4.78, 5) is 11.9. The molecular weight excluding hydrogens is 230 g/mol. The Morgan fingerprint density at radius 3 is 2.78 bits per heavy atom. The number of carbonyl (C=O) groups excluding carboxylic acids is 1. The van der Waals surface area contributed by atoms with Gasteiger partial charge in [-0.15, -0.1) is 0 Å². The van der Waals surface area contributed by atoms with Crippen molar-refractivity contribution in [2.24, 2.45) is 5.92 Å². The van der Waals surface area contributed by atoms with Gasteiger partial charge >= 0.3 is 0 Å². The summed E-state index contributed by atoms with van der Waals surface area (Å²) in [6, 6.07) is 7.00. The van der Waals surface area contributed by atoms with Crippen LogP contribution in [0, 0.1) is 5.92 Å². The van der Waals surface area contributed by atoms with Crippen LogP contribution in [0.4, 0.5) is 0 Å². The molecule has 0 spiro atoms. The Morgan fingerprint density at radius 1 is 1.44 bits per heavy atom. The van der Waals surface area contributed by atoms with E-state index in [-0.39, 0.29) is 18.4 Å². The molecular formula is C14H21NO3. The van der Waals surface area contributed by atoms with E-state index in [0.29, 0.717) is 17.9 Å². The van der Waals surface area contributed by atoms with Crippen molar-refractivity contribution in [1.82, 2.24) is 5.32 Å². The first-order chi connectivity index (χ1) is 8.54. The van der Waals surface area contributed by atoms with Crippen LogP contribution < -0.4 is 10.1 Å². The quantitative estimate of drug-likeness (QED) is 0.811. The number of rotatable bonds is 6. The van der Waals surface area contributed by atoms with Crippen molar-refractivity contribution in [3.8, 4) is 5.75 Å². The lowest BCUT2D eigenvalue weighted by molar-refractivity contribution is 0.0871. The molecule has 0 aromatic heterocycles. The van der Waals surface area contributed by atoms with Crippen LogP contribution in [0.5, 0.6) is 5.75 Å². The zero-order valence-corrected chi connectivity index (χ0v) is 11.1. The Balaban J connectivity index is 2.58. The summed E-state index contributed by atoms with van der Waals surface area (Å²) < 4.78 is 5.33. The fourth-order valence-corrected chi connectivity index (χ4v) is 1.43. The molecule has 0 aliphatic carbocycles. The van der Waals surface area contributed by atoms with Crippen LogP contribution in [0.1, 0.15) is 31.1 Å². The fourth-order valence-electron chi connectivity index (χ4n) is 1.43. The molecule has 18 heavy (non-hydrogen) atoms. The first kappa shape index (κ1) is 14.5. The second-order valence-corrected chi connectivity index (χ2v) is 4.48. The summed E-state index contributed by atoms with van der Waals surface area (Å²) in [5, 5.41) is 12.3. The highest BCUT2D eigenvalue weighted by atomic mass is 16.5. The number of nitrogens with one attached hydrogen (secondary N) is 1. The molecule has 1 rings (SSSR count). The maximum atomic E-state index is 11.9. The van der Waals surface area contributed by atoms with Gasteiger partial charge in [0.25, 0.3) is 5.91 Å². The van der Waals surface area contributed by atoms with Gasteiger partial charge in [0.2, 0.25) is 0 Å². The van der Waals surface area contributed by atoms with Crippen LogP contribution >= 0.6 is 0 Å². The van der Waals surface area contributed by atoms with E-state index in [1.54, 1.807) is 18.2 Å². The Bertz CT molecular complexity index is 390. The van der Waals surface area contributed by atoms with Gasteiger partial charge in [-0.1, -0.05) is 19.9 Å². The highest BCUT2D eigenvalue weighted by molar-refractivity contribution is 5.94. The Morgan fingerprint density at radius 2 is 2.17 bits per heavy atom. The minimum atomic E-state index is -0.524. The molecule has 4 nitrogen and oxygen atoms in total. The van der Waals surface area contributed by atoms with E-state index in [1.165, 1.54) is 0 Å². The number of carbonyl (C=O) groups is 1. The average molecular weight is 251 g/mol. The number of aliphatic hydroxyl groups excluding tert-OH is 1. The normalized spacial score (nSPS) is 12.3. The van der Waals surface area contributed by atoms with Crippen molar-refractivity contribution in [2.45, 2.75) is 26.9 Å². The topological polar surface area (TPSA) is 58.6 Å². The predicted molar refractivity (Wildman–Crippen MR) is 70.8 cm³/mol. The Hall–Kier alpha value is -1.55. The monoisotopic (exact) mass is 251 g/mol. The van der Waals surface area contributed by atoms with E-state index < -0.39 is 6.10 Å². The number of ether oxygens (including phenoxy) is 1. The standard InChI is InChI=1S/C14H21NO3/c1-4-18-12-7-5-6-11(8-12)14(17)15-9-13(16)10(2)3/h5-8,10,13,16H,4,9H2,1-3H3,(H,15,17). The van der Waals surface area contributed by atoms with Crippen molar-refractivity contribution < 1.29 is 14.6 Å². The van der Waals surface area contributed by atoms with Gasteiger partial charge in [0.1, 0.15) is 5.75 Å². The number of aliphatic hydroxyl groups is 1. The Kier molecular flexibility index (Phi) is 5.65. The summed E-state index contributed by atoms with van der Waals surface area (Å²) in [5.41, 5.74) is 0.539. The first-order valence-electron chi connectivity index (χ1n) is 6.23. The molecule has 1 atom stereocenters. The van der Waals surface area contributed by atoms with Gasteiger partial charge in [0.05, 0.1) is 12.7 Å². The molecule has 0 heterocycles. The van der Waals surface area contributed by atoms with E-state index in [0.717, 1.165) is 0 Å². The molecule has 1 aromatic rings. The lowest BCUT2D eigenvalue weighted by atomic mass is 10.1. The second-order valence-electron chi connectivity index (χ2n) is 4.48. The van der Waals surface area contributed by atoms with E-state index in [1.807, 2.05) is 26.8 Å². The van der Waals surface area contributed by atoms with Crippen LogP contribution in [0.15, 0.2) is 24.3 Å². The summed E-state index contributed by atoms with van der Waals surface area (Å²) in [5.74, 6) is 0.603. The molecule has 100 valence electrons. The van der Waals surface area contributed by atoms with Crippen LogP contribution in [-0.4, -0.2) is 30.3 Å². The summed E-state index contributed by atoms with van der Waals surface area (Å²) in [7, 11) is 0. The third-order valence-corrected chi connectivity index (χ3v) is 2.65. The summed E-state index contributed by atoms with van der Waals surface area (Å²) >= 11 is 0. The maximum absolute atomic E-state index is 11.9. The van der Waals surface area contributed by atoms with Crippen LogP contribution in [-0.2, 0) is 0 Å². The molecule has 4 heteroatoms. The van der Waals surface area contributed by atoms with Crippen LogP contribution in [0.2, 0.25) is 0 Å². The molecule has 0 aliphatic rings. The minimum Gasteiger partial charge on any atom is -0.494 e. The number of hydrogen-bond acceptors (Lipinski definition) is 3. The lowest BCUT2D eigenvalue weighted by Crippen LogP contribution is -2.34. The molecule has 1 unspecified atom stereocenters. The highest BCUT2D eigenvalue weighted by Crippen LogP contribution is 2.13. The van der Waals surface area contributed by atoms with Crippen molar-refractivity contribution in [2.75, 3.05) is 13.2 Å². The SMILES string of the molecule is CCOc1cccc(C(=O)NCC(O)C(C)C)c1. The van der Waals surface area contributed by atoms with Gasteiger partial charge in [-0.25, -0.2) is 0 Å². The van der Waals surface area contributed by atoms with Gasteiger partial charge in [-0.2, -0.15) is 0 Å². The maximum Gasteiger partial charge on any atom is 0.251 e. The lowest BCUT2D eigenvalue weighted by Gasteiger charge is -2.15. The van der Waals surface area contributed by atoms with Crippen molar-refractivity contribution in [3.05, 3.63) is 29.8 Å². The van der Waals surface area contributed by atoms with Gasteiger partial charge in [0, 0.05) is 12.1 Å². The van der Waals surface area contributed by atoms with E-state index in [2.05, 4.69) is 5.32 Å². The van der Waals surface area contributed by atoms with Gasteiger partial charge in [0.15, 0.2) is 0 Å². The molecule has 0 radical (unpaired) electrons. The molecule has 0 fully saturated rings. The molecule has 0 aliphatic heterocycles.